The molecule has 0 saturated carbocycles. The first-order chi connectivity index (χ1) is 9.18. The Morgan fingerprint density at radius 3 is 2.80 bits per heavy atom. The van der Waals surface area contributed by atoms with Gasteiger partial charge in [-0.1, -0.05) is 0 Å². The normalized spacial score (nSPS) is 14.4. The SMILES string of the molecule is Cn1c(=O)c2c3c(sc2n2c([S-])nnc12)CCCC3.[Na+]. The summed E-state index contributed by atoms with van der Waals surface area (Å²) in [6, 6.07) is 0. The van der Waals surface area contributed by atoms with Crippen LogP contribution in [0.4, 0.5) is 0 Å². The van der Waals surface area contributed by atoms with E-state index in [1.54, 1.807) is 23.0 Å². The van der Waals surface area contributed by atoms with Gasteiger partial charge in [-0.3, -0.25) is 13.8 Å². The molecule has 0 N–H and O–H groups in total. The van der Waals surface area contributed by atoms with Crippen molar-refractivity contribution in [3.8, 4) is 0 Å². The van der Waals surface area contributed by atoms with E-state index in [0.717, 1.165) is 29.5 Å². The average molecular weight is 314 g/mol. The molecule has 20 heavy (non-hydrogen) atoms. The van der Waals surface area contributed by atoms with Gasteiger partial charge in [0.15, 0.2) is 0 Å². The van der Waals surface area contributed by atoms with E-state index in [1.807, 2.05) is 4.40 Å². The number of fused-ring (bicyclic) bond motifs is 5. The van der Waals surface area contributed by atoms with E-state index in [1.165, 1.54) is 16.9 Å². The molecule has 0 spiro atoms. The van der Waals surface area contributed by atoms with Gasteiger partial charge in [-0.25, -0.2) is 0 Å². The molecule has 0 unspecified atom stereocenters. The summed E-state index contributed by atoms with van der Waals surface area (Å²) in [5, 5.41) is 9.19. The van der Waals surface area contributed by atoms with E-state index < -0.39 is 0 Å². The Morgan fingerprint density at radius 2 is 2.00 bits per heavy atom. The molecular weight excluding hydrogens is 303 g/mol. The van der Waals surface area contributed by atoms with Gasteiger partial charge in [0.2, 0.25) is 5.78 Å². The molecule has 98 valence electrons. The second-order valence-electron chi connectivity index (χ2n) is 4.87. The van der Waals surface area contributed by atoms with Crippen LogP contribution in [-0.2, 0) is 32.5 Å². The predicted octanol–water partition coefficient (Wildman–Crippen LogP) is -1.57. The van der Waals surface area contributed by atoms with E-state index in [4.69, 9.17) is 12.6 Å². The molecule has 1 aliphatic carbocycles. The fourth-order valence-corrected chi connectivity index (χ4v) is 4.50. The summed E-state index contributed by atoms with van der Waals surface area (Å²) in [5.41, 5.74) is 1.24. The number of thiophene rings is 1. The molecule has 1 aliphatic rings. The quantitative estimate of drug-likeness (QED) is 0.372. The Kier molecular flexibility index (Phi) is 3.66. The van der Waals surface area contributed by atoms with Gasteiger partial charge in [0, 0.05) is 17.1 Å². The third-order valence-electron chi connectivity index (χ3n) is 3.79. The molecule has 0 aromatic carbocycles. The number of aromatic nitrogens is 4. The first-order valence-corrected chi connectivity index (χ1v) is 7.46. The Labute approximate surface area is 146 Å². The molecule has 0 aliphatic heterocycles. The van der Waals surface area contributed by atoms with Crippen molar-refractivity contribution in [2.24, 2.45) is 7.05 Å². The van der Waals surface area contributed by atoms with Gasteiger partial charge in [0.25, 0.3) is 5.56 Å². The van der Waals surface area contributed by atoms with E-state index in [-0.39, 0.29) is 35.1 Å². The molecule has 0 radical (unpaired) electrons. The Hall–Kier alpha value is -0.470. The summed E-state index contributed by atoms with van der Waals surface area (Å²) >= 11 is 6.91. The number of aryl methyl sites for hydroxylation is 3. The first kappa shape index (κ1) is 14.5. The topological polar surface area (TPSA) is 52.2 Å². The first-order valence-electron chi connectivity index (χ1n) is 6.24. The molecule has 0 bridgehead atoms. The van der Waals surface area contributed by atoms with Crippen molar-refractivity contribution in [1.82, 2.24) is 19.2 Å². The van der Waals surface area contributed by atoms with Crippen molar-refractivity contribution in [1.29, 1.82) is 0 Å². The van der Waals surface area contributed by atoms with Crippen LogP contribution in [0.1, 0.15) is 23.3 Å². The minimum atomic E-state index is 0. The number of hydrogen-bond acceptors (Lipinski definition) is 5. The summed E-state index contributed by atoms with van der Waals surface area (Å²) in [4.78, 5) is 14.8. The zero-order valence-electron chi connectivity index (χ0n) is 11.3. The zero-order valence-corrected chi connectivity index (χ0v) is 15.0. The minimum Gasteiger partial charge on any atom is -0.740 e. The molecule has 0 atom stereocenters. The van der Waals surface area contributed by atoms with Crippen molar-refractivity contribution in [3.05, 3.63) is 20.8 Å². The van der Waals surface area contributed by atoms with Gasteiger partial charge in [-0.05, 0) is 31.2 Å². The molecule has 3 aromatic rings. The van der Waals surface area contributed by atoms with Crippen LogP contribution in [0.3, 0.4) is 0 Å². The Bertz CT molecular complexity index is 879. The summed E-state index contributed by atoms with van der Waals surface area (Å²) in [5.74, 6) is 0.529. The minimum absolute atomic E-state index is 0. The van der Waals surface area contributed by atoms with E-state index >= 15 is 0 Å². The van der Waals surface area contributed by atoms with Crippen molar-refractivity contribution in [2.75, 3.05) is 0 Å². The van der Waals surface area contributed by atoms with Gasteiger partial charge in [-0.15, -0.1) is 16.4 Å². The largest absolute Gasteiger partial charge is 1.00 e. The Balaban J connectivity index is 0.00000121. The van der Waals surface area contributed by atoms with Gasteiger partial charge >= 0.3 is 29.6 Å². The van der Waals surface area contributed by atoms with Gasteiger partial charge in [0.1, 0.15) is 4.83 Å². The van der Waals surface area contributed by atoms with E-state index in [2.05, 4.69) is 10.2 Å². The summed E-state index contributed by atoms with van der Waals surface area (Å²) in [6.07, 6.45) is 4.41. The van der Waals surface area contributed by atoms with E-state index in [9.17, 15) is 4.79 Å². The molecule has 0 saturated heterocycles. The number of nitrogens with zero attached hydrogens (tertiary/aromatic N) is 4. The molecule has 3 aromatic heterocycles. The molecule has 8 heteroatoms. The van der Waals surface area contributed by atoms with Crippen LogP contribution in [0.2, 0.25) is 0 Å². The predicted molar refractivity (Wildman–Crippen MR) is 75.9 cm³/mol. The monoisotopic (exact) mass is 314 g/mol. The van der Waals surface area contributed by atoms with Crippen LogP contribution in [0.15, 0.2) is 9.95 Å². The van der Waals surface area contributed by atoms with Crippen LogP contribution < -0.4 is 35.1 Å². The standard InChI is InChI=1S/C12H12N4OS2.Na/c1-15-9(17)8-6-4-2-3-5-7(6)19-10(8)16-11(15)13-14-12(16)18;/h2-5H2,1H3,(H,14,18);/q;+1/p-1. The second-order valence-corrected chi connectivity index (χ2v) is 6.32. The summed E-state index contributed by atoms with van der Waals surface area (Å²) in [7, 11) is 1.73. The van der Waals surface area contributed by atoms with Gasteiger partial charge in [0.05, 0.1) is 5.39 Å². The summed E-state index contributed by atoms with van der Waals surface area (Å²) in [6.45, 7) is 0. The van der Waals surface area contributed by atoms with Crippen LogP contribution in [0, 0.1) is 0 Å². The number of rotatable bonds is 0. The molecule has 3 heterocycles. The number of hydrogen-bond donors (Lipinski definition) is 0. The van der Waals surface area contributed by atoms with Crippen molar-refractivity contribution in [3.63, 3.8) is 0 Å². The third kappa shape index (κ3) is 1.80. The van der Waals surface area contributed by atoms with Crippen LogP contribution in [0.25, 0.3) is 16.0 Å². The maximum atomic E-state index is 12.5. The van der Waals surface area contributed by atoms with Crippen molar-refractivity contribution < 1.29 is 29.6 Å². The zero-order chi connectivity index (χ0) is 13.1. The van der Waals surface area contributed by atoms with Gasteiger partial charge in [-0.2, -0.15) is 5.10 Å². The third-order valence-corrected chi connectivity index (χ3v) is 5.33. The maximum Gasteiger partial charge on any atom is 1.00 e. The van der Waals surface area contributed by atoms with E-state index in [0.29, 0.717) is 10.9 Å². The summed E-state index contributed by atoms with van der Waals surface area (Å²) < 4.78 is 3.38. The molecule has 0 amide bonds. The van der Waals surface area contributed by atoms with Crippen LogP contribution in [0.5, 0.6) is 0 Å². The molecule has 0 fully saturated rings. The van der Waals surface area contributed by atoms with Gasteiger partial charge < -0.3 is 12.6 Å². The fourth-order valence-electron chi connectivity index (χ4n) is 2.85. The molecule has 4 rings (SSSR count). The average Bonchev–Trinajstić information content (AvgIpc) is 2.96. The Morgan fingerprint density at radius 1 is 1.25 bits per heavy atom. The molecule has 5 nitrogen and oxygen atoms in total. The molecular formula is C12H11N4NaOS2. The van der Waals surface area contributed by atoms with Crippen molar-refractivity contribution >= 4 is 40.0 Å². The van der Waals surface area contributed by atoms with Crippen molar-refractivity contribution in [2.45, 2.75) is 30.8 Å². The smallest absolute Gasteiger partial charge is 0.740 e. The van der Waals surface area contributed by atoms with Crippen LogP contribution in [-0.4, -0.2) is 19.2 Å². The fraction of sp³-hybridized carbons (Fsp3) is 0.417. The maximum absolute atomic E-state index is 12.5. The second kappa shape index (κ2) is 5.06. The van der Waals surface area contributed by atoms with Crippen LogP contribution >= 0.6 is 11.3 Å².